The van der Waals surface area contributed by atoms with Crippen LogP contribution in [-0.2, 0) is 14.8 Å². The highest BCUT2D eigenvalue weighted by atomic mass is 32.2. The number of nitrogens with one attached hydrogen (secondary N) is 1. The average molecular weight is 411 g/mol. The Morgan fingerprint density at radius 1 is 0.966 bits per heavy atom. The number of aryl methyl sites for hydroxylation is 1. The van der Waals surface area contributed by atoms with Crippen LogP contribution in [0.4, 0.5) is 5.69 Å². The molecule has 0 aliphatic rings. The number of hydrogen-bond donors (Lipinski definition) is 1. The van der Waals surface area contributed by atoms with Crippen molar-refractivity contribution in [3.63, 3.8) is 0 Å². The van der Waals surface area contributed by atoms with E-state index in [1.807, 2.05) is 25.1 Å². The van der Waals surface area contributed by atoms with Gasteiger partial charge in [0.2, 0.25) is 0 Å². The van der Waals surface area contributed by atoms with Gasteiger partial charge in [-0.3, -0.25) is 4.72 Å². The molecule has 3 aromatic rings. The Balaban J connectivity index is 1.83. The Morgan fingerprint density at radius 2 is 1.69 bits per heavy atom. The number of para-hydroxylation sites is 2. The number of sulfonamides is 1. The number of esters is 1. The standard InChI is InChI=1S/C22H21NO5S/c1-3-27-22(24)17-11-13-19(14-12-17)29(25,26)23-20-9-4-5-10-21(20)28-18-8-6-7-16(2)15-18/h4-15,23H,3H2,1-2H3. The summed E-state index contributed by atoms with van der Waals surface area (Å²) in [6.07, 6.45) is 0. The molecule has 0 heterocycles. The van der Waals surface area contributed by atoms with Crippen LogP contribution in [0.5, 0.6) is 11.5 Å². The van der Waals surface area contributed by atoms with Crippen molar-refractivity contribution in [1.82, 2.24) is 0 Å². The van der Waals surface area contributed by atoms with Gasteiger partial charge in [0.05, 0.1) is 22.8 Å². The minimum atomic E-state index is -3.87. The molecule has 150 valence electrons. The van der Waals surface area contributed by atoms with Crippen molar-refractivity contribution in [3.05, 3.63) is 83.9 Å². The number of benzene rings is 3. The highest BCUT2D eigenvalue weighted by molar-refractivity contribution is 7.92. The fourth-order valence-electron chi connectivity index (χ4n) is 2.63. The third kappa shape index (κ3) is 5.14. The van der Waals surface area contributed by atoms with Gasteiger partial charge in [-0.15, -0.1) is 0 Å². The highest BCUT2D eigenvalue weighted by Crippen LogP contribution is 2.31. The van der Waals surface area contributed by atoms with Gasteiger partial charge >= 0.3 is 5.97 Å². The van der Waals surface area contributed by atoms with Gasteiger partial charge in [0.25, 0.3) is 10.0 Å². The molecule has 0 unspecified atom stereocenters. The lowest BCUT2D eigenvalue weighted by atomic mass is 10.2. The maximum absolute atomic E-state index is 12.8. The Kier molecular flexibility index (Phi) is 6.19. The molecule has 0 atom stereocenters. The van der Waals surface area contributed by atoms with Crippen LogP contribution in [-0.4, -0.2) is 21.0 Å². The quantitative estimate of drug-likeness (QED) is 0.567. The second-order valence-corrected chi connectivity index (χ2v) is 7.95. The lowest BCUT2D eigenvalue weighted by molar-refractivity contribution is 0.0526. The van der Waals surface area contributed by atoms with Gasteiger partial charge in [0, 0.05) is 0 Å². The van der Waals surface area contributed by atoms with Crippen LogP contribution < -0.4 is 9.46 Å². The smallest absolute Gasteiger partial charge is 0.338 e. The monoisotopic (exact) mass is 411 g/mol. The molecule has 7 heteroatoms. The second kappa shape index (κ2) is 8.79. The first-order valence-electron chi connectivity index (χ1n) is 9.02. The molecule has 0 radical (unpaired) electrons. The van der Waals surface area contributed by atoms with Crippen molar-refractivity contribution in [1.29, 1.82) is 0 Å². The molecule has 29 heavy (non-hydrogen) atoms. The van der Waals surface area contributed by atoms with Gasteiger partial charge < -0.3 is 9.47 Å². The van der Waals surface area contributed by atoms with E-state index in [2.05, 4.69) is 4.72 Å². The zero-order valence-electron chi connectivity index (χ0n) is 16.1. The molecule has 0 saturated heterocycles. The van der Waals surface area contributed by atoms with Crippen LogP contribution in [0, 0.1) is 6.92 Å². The molecule has 0 saturated carbocycles. The predicted octanol–water partition coefficient (Wildman–Crippen LogP) is 4.76. The molecule has 0 spiro atoms. The van der Waals surface area contributed by atoms with E-state index in [0.717, 1.165) is 5.56 Å². The van der Waals surface area contributed by atoms with Gasteiger partial charge in [0.1, 0.15) is 5.75 Å². The molecule has 0 aliphatic heterocycles. The van der Waals surface area contributed by atoms with Crippen molar-refractivity contribution in [3.8, 4) is 11.5 Å². The van der Waals surface area contributed by atoms with E-state index in [0.29, 0.717) is 17.2 Å². The summed E-state index contributed by atoms with van der Waals surface area (Å²) in [4.78, 5) is 11.8. The summed E-state index contributed by atoms with van der Waals surface area (Å²) in [7, 11) is -3.87. The molecule has 6 nitrogen and oxygen atoms in total. The number of carbonyl (C=O) groups excluding carboxylic acids is 1. The summed E-state index contributed by atoms with van der Waals surface area (Å²) in [5.41, 5.74) is 1.62. The number of carbonyl (C=O) groups is 1. The zero-order valence-corrected chi connectivity index (χ0v) is 16.9. The van der Waals surface area contributed by atoms with Gasteiger partial charge in [-0.1, -0.05) is 24.3 Å². The van der Waals surface area contributed by atoms with Crippen LogP contribution in [0.25, 0.3) is 0 Å². The van der Waals surface area contributed by atoms with Crippen molar-refractivity contribution in [2.24, 2.45) is 0 Å². The Hall–Kier alpha value is -3.32. The van der Waals surface area contributed by atoms with Crippen molar-refractivity contribution in [2.45, 2.75) is 18.7 Å². The lowest BCUT2D eigenvalue weighted by Crippen LogP contribution is -2.14. The lowest BCUT2D eigenvalue weighted by Gasteiger charge is -2.14. The maximum atomic E-state index is 12.8. The summed E-state index contributed by atoms with van der Waals surface area (Å²) in [6, 6.07) is 19.8. The minimum Gasteiger partial charge on any atom is -0.462 e. The molecule has 0 amide bonds. The van der Waals surface area contributed by atoms with E-state index in [1.165, 1.54) is 24.3 Å². The van der Waals surface area contributed by atoms with Crippen molar-refractivity contribution in [2.75, 3.05) is 11.3 Å². The fourth-order valence-corrected chi connectivity index (χ4v) is 3.70. The van der Waals surface area contributed by atoms with Gasteiger partial charge in [-0.2, -0.15) is 0 Å². The molecule has 3 rings (SSSR count). The Morgan fingerprint density at radius 3 is 2.38 bits per heavy atom. The Bertz CT molecular complexity index is 1110. The van der Waals surface area contributed by atoms with Crippen LogP contribution >= 0.6 is 0 Å². The zero-order chi connectivity index (χ0) is 20.9. The molecule has 1 N–H and O–H groups in total. The number of rotatable bonds is 7. The highest BCUT2D eigenvalue weighted by Gasteiger charge is 2.18. The summed E-state index contributed by atoms with van der Waals surface area (Å²) in [5, 5.41) is 0. The van der Waals surface area contributed by atoms with Gasteiger partial charge in [0.15, 0.2) is 5.75 Å². The molecule has 3 aromatic carbocycles. The summed E-state index contributed by atoms with van der Waals surface area (Å²) in [5.74, 6) is 0.488. The summed E-state index contributed by atoms with van der Waals surface area (Å²) >= 11 is 0. The van der Waals surface area contributed by atoms with E-state index in [9.17, 15) is 13.2 Å². The van der Waals surface area contributed by atoms with Crippen LogP contribution in [0.3, 0.4) is 0 Å². The van der Waals surface area contributed by atoms with Crippen molar-refractivity contribution >= 4 is 21.7 Å². The van der Waals surface area contributed by atoms with Crippen LogP contribution in [0.1, 0.15) is 22.8 Å². The fraction of sp³-hybridized carbons (Fsp3) is 0.136. The molecule has 0 aliphatic carbocycles. The second-order valence-electron chi connectivity index (χ2n) is 6.27. The first-order valence-corrected chi connectivity index (χ1v) is 10.5. The average Bonchev–Trinajstić information content (AvgIpc) is 2.70. The molecule has 0 fully saturated rings. The molecular formula is C22H21NO5S. The first kappa shape index (κ1) is 20.4. The molecule has 0 aromatic heterocycles. The van der Waals surface area contributed by atoms with E-state index < -0.39 is 16.0 Å². The van der Waals surface area contributed by atoms with Crippen molar-refractivity contribution < 1.29 is 22.7 Å². The number of anilines is 1. The van der Waals surface area contributed by atoms with Crippen LogP contribution in [0.15, 0.2) is 77.7 Å². The normalized spacial score (nSPS) is 11.0. The predicted molar refractivity (Wildman–Crippen MR) is 111 cm³/mol. The van der Waals surface area contributed by atoms with Gasteiger partial charge in [-0.05, 0) is 67.9 Å². The SMILES string of the molecule is CCOC(=O)c1ccc(S(=O)(=O)Nc2ccccc2Oc2cccc(C)c2)cc1. The van der Waals surface area contributed by atoms with Crippen LogP contribution in [0.2, 0.25) is 0 Å². The largest absolute Gasteiger partial charge is 0.462 e. The first-order chi connectivity index (χ1) is 13.9. The number of hydrogen-bond acceptors (Lipinski definition) is 5. The van der Waals surface area contributed by atoms with E-state index in [1.54, 1.807) is 37.3 Å². The third-order valence-corrected chi connectivity index (χ3v) is 5.41. The topological polar surface area (TPSA) is 81.7 Å². The maximum Gasteiger partial charge on any atom is 0.338 e. The van der Waals surface area contributed by atoms with E-state index in [-0.39, 0.29) is 17.1 Å². The van der Waals surface area contributed by atoms with E-state index >= 15 is 0 Å². The molecular weight excluding hydrogens is 390 g/mol. The third-order valence-electron chi connectivity index (χ3n) is 4.02. The van der Waals surface area contributed by atoms with Gasteiger partial charge in [-0.25, -0.2) is 13.2 Å². The number of ether oxygens (including phenoxy) is 2. The minimum absolute atomic E-state index is 0.0240. The molecule has 0 bridgehead atoms. The summed E-state index contributed by atoms with van der Waals surface area (Å²) < 4.78 is 38.9. The Labute approximate surface area is 170 Å². The summed E-state index contributed by atoms with van der Waals surface area (Å²) in [6.45, 7) is 3.90. The van der Waals surface area contributed by atoms with E-state index in [4.69, 9.17) is 9.47 Å².